The first-order valence-corrected chi connectivity index (χ1v) is 6.60. The van der Waals surface area contributed by atoms with Crippen LogP contribution in [0.3, 0.4) is 0 Å². The van der Waals surface area contributed by atoms with Crippen LogP contribution in [0.1, 0.15) is 18.9 Å². The zero-order valence-electron chi connectivity index (χ0n) is 9.91. The highest BCUT2D eigenvalue weighted by molar-refractivity contribution is 9.10. The van der Waals surface area contributed by atoms with Crippen molar-refractivity contribution in [2.75, 3.05) is 18.5 Å². The first-order valence-electron chi connectivity index (χ1n) is 5.81. The maximum absolute atomic E-state index is 5.62. The molecule has 2 rings (SSSR count). The molecule has 1 fully saturated rings. The summed E-state index contributed by atoms with van der Waals surface area (Å²) in [5.41, 5.74) is 8.05. The fourth-order valence-electron chi connectivity index (χ4n) is 2.09. The summed E-state index contributed by atoms with van der Waals surface area (Å²) < 4.78 is 1.14. The molecular formula is C13H19BrN2. The van der Waals surface area contributed by atoms with Crippen molar-refractivity contribution in [1.29, 1.82) is 0 Å². The van der Waals surface area contributed by atoms with Crippen LogP contribution in [0.25, 0.3) is 0 Å². The topological polar surface area (TPSA) is 29.3 Å². The summed E-state index contributed by atoms with van der Waals surface area (Å²) in [4.78, 5) is 2.33. The van der Waals surface area contributed by atoms with Crippen LogP contribution in [0.15, 0.2) is 22.7 Å². The molecule has 0 radical (unpaired) electrons. The Balaban J connectivity index is 2.07. The average Bonchev–Trinajstić information content (AvgIpc) is 2.93. The molecule has 2 N–H and O–H groups in total. The van der Waals surface area contributed by atoms with Crippen molar-refractivity contribution in [3.05, 3.63) is 28.2 Å². The van der Waals surface area contributed by atoms with Gasteiger partial charge < -0.3 is 10.6 Å². The van der Waals surface area contributed by atoms with E-state index in [9.17, 15) is 0 Å². The normalized spacial score (nSPS) is 23.2. The first kappa shape index (κ1) is 11.9. The Labute approximate surface area is 106 Å². The molecule has 1 aliphatic carbocycles. The highest BCUT2D eigenvalue weighted by atomic mass is 79.9. The fourth-order valence-corrected chi connectivity index (χ4v) is 2.82. The van der Waals surface area contributed by atoms with E-state index >= 15 is 0 Å². The number of nitrogens with zero attached hydrogens (tertiary/aromatic N) is 1. The lowest BCUT2D eigenvalue weighted by Gasteiger charge is -2.21. The van der Waals surface area contributed by atoms with Crippen molar-refractivity contribution in [3.8, 4) is 0 Å². The van der Waals surface area contributed by atoms with Gasteiger partial charge in [0, 0.05) is 24.6 Å². The highest BCUT2D eigenvalue weighted by Gasteiger charge is 2.33. The minimum absolute atomic E-state index is 0.599. The third-order valence-corrected chi connectivity index (χ3v) is 4.08. The zero-order valence-corrected chi connectivity index (χ0v) is 11.5. The molecule has 1 saturated carbocycles. The zero-order chi connectivity index (χ0) is 11.7. The molecule has 16 heavy (non-hydrogen) atoms. The molecule has 0 spiro atoms. The number of halogens is 1. The van der Waals surface area contributed by atoms with Gasteiger partial charge in [-0.05, 0) is 51.9 Å². The Bertz CT molecular complexity index is 378. The molecule has 0 amide bonds. The van der Waals surface area contributed by atoms with Gasteiger partial charge in [-0.15, -0.1) is 0 Å². The van der Waals surface area contributed by atoms with E-state index in [1.54, 1.807) is 0 Å². The number of anilines is 1. The Morgan fingerprint density at radius 1 is 1.50 bits per heavy atom. The van der Waals surface area contributed by atoms with E-state index in [0.29, 0.717) is 6.54 Å². The highest BCUT2D eigenvalue weighted by Crippen LogP contribution is 2.39. The summed E-state index contributed by atoms with van der Waals surface area (Å²) in [5, 5.41) is 0. The molecular weight excluding hydrogens is 264 g/mol. The molecule has 0 bridgehead atoms. The number of benzene rings is 1. The van der Waals surface area contributed by atoms with Crippen molar-refractivity contribution in [2.24, 2.45) is 17.6 Å². The first-order chi connectivity index (χ1) is 7.61. The Morgan fingerprint density at radius 2 is 2.19 bits per heavy atom. The standard InChI is InChI=1S/C13H19BrN2/c1-9-5-11(9)8-16(2)13-4-3-10(7-15)6-12(13)14/h3-4,6,9,11H,5,7-8,15H2,1-2H3. The van der Waals surface area contributed by atoms with Gasteiger partial charge in [-0.2, -0.15) is 0 Å². The summed E-state index contributed by atoms with van der Waals surface area (Å²) in [6, 6.07) is 6.37. The van der Waals surface area contributed by atoms with E-state index in [-0.39, 0.29) is 0 Å². The van der Waals surface area contributed by atoms with E-state index in [1.807, 2.05) is 0 Å². The molecule has 1 aromatic carbocycles. The van der Waals surface area contributed by atoms with Crippen LogP contribution in [0.4, 0.5) is 5.69 Å². The van der Waals surface area contributed by atoms with E-state index < -0.39 is 0 Å². The third-order valence-electron chi connectivity index (χ3n) is 3.44. The van der Waals surface area contributed by atoms with Crippen molar-refractivity contribution >= 4 is 21.6 Å². The predicted molar refractivity (Wildman–Crippen MR) is 72.6 cm³/mol. The van der Waals surface area contributed by atoms with Crippen LogP contribution in [-0.2, 0) is 6.54 Å². The summed E-state index contributed by atoms with van der Waals surface area (Å²) >= 11 is 3.62. The molecule has 0 heterocycles. The van der Waals surface area contributed by atoms with E-state index in [0.717, 1.165) is 22.9 Å². The largest absolute Gasteiger partial charge is 0.373 e. The van der Waals surface area contributed by atoms with Crippen molar-refractivity contribution in [1.82, 2.24) is 0 Å². The molecule has 1 aromatic rings. The number of hydrogen-bond acceptors (Lipinski definition) is 2. The minimum Gasteiger partial charge on any atom is -0.373 e. The van der Waals surface area contributed by atoms with Gasteiger partial charge in [-0.1, -0.05) is 13.0 Å². The molecule has 1 aliphatic rings. The van der Waals surface area contributed by atoms with E-state index in [2.05, 4.69) is 53.0 Å². The summed E-state index contributed by atoms with van der Waals surface area (Å²) in [7, 11) is 2.16. The van der Waals surface area contributed by atoms with Crippen LogP contribution in [0.2, 0.25) is 0 Å². The number of rotatable bonds is 4. The molecule has 0 aromatic heterocycles. The Hall–Kier alpha value is -0.540. The van der Waals surface area contributed by atoms with Gasteiger partial charge in [-0.3, -0.25) is 0 Å². The van der Waals surface area contributed by atoms with Crippen LogP contribution in [0.5, 0.6) is 0 Å². The lowest BCUT2D eigenvalue weighted by atomic mass is 10.2. The van der Waals surface area contributed by atoms with Crippen LogP contribution < -0.4 is 10.6 Å². The predicted octanol–water partition coefficient (Wildman–Crippen LogP) is 3.00. The number of hydrogen-bond donors (Lipinski definition) is 1. The second-order valence-electron chi connectivity index (χ2n) is 4.84. The lowest BCUT2D eigenvalue weighted by Crippen LogP contribution is -2.21. The second-order valence-corrected chi connectivity index (χ2v) is 5.70. The Kier molecular flexibility index (Phi) is 3.55. The Morgan fingerprint density at radius 3 is 2.69 bits per heavy atom. The maximum Gasteiger partial charge on any atom is 0.0508 e. The van der Waals surface area contributed by atoms with Gasteiger partial charge in [-0.25, -0.2) is 0 Å². The minimum atomic E-state index is 0.599. The third kappa shape index (κ3) is 2.58. The van der Waals surface area contributed by atoms with E-state index in [4.69, 9.17) is 5.73 Å². The van der Waals surface area contributed by atoms with Gasteiger partial charge in [0.05, 0.1) is 5.69 Å². The molecule has 2 atom stereocenters. The average molecular weight is 283 g/mol. The molecule has 2 unspecified atom stereocenters. The van der Waals surface area contributed by atoms with Crippen molar-refractivity contribution < 1.29 is 0 Å². The molecule has 2 nitrogen and oxygen atoms in total. The van der Waals surface area contributed by atoms with Gasteiger partial charge in [0.25, 0.3) is 0 Å². The van der Waals surface area contributed by atoms with Crippen molar-refractivity contribution in [2.45, 2.75) is 19.9 Å². The van der Waals surface area contributed by atoms with Crippen LogP contribution >= 0.6 is 15.9 Å². The molecule has 3 heteroatoms. The maximum atomic E-state index is 5.62. The lowest BCUT2D eigenvalue weighted by molar-refractivity contribution is 0.724. The molecule has 0 saturated heterocycles. The monoisotopic (exact) mass is 282 g/mol. The quantitative estimate of drug-likeness (QED) is 0.920. The van der Waals surface area contributed by atoms with Crippen LogP contribution in [-0.4, -0.2) is 13.6 Å². The van der Waals surface area contributed by atoms with Gasteiger partial charge in [0.15, 0.2) is 0 Å². The fraction of sp³-hybridized carbons (Fsp3) is 0.538. The summed E-state index contributed by atoms with van der Waals surface area (Å²) in [6.07, 6.45) is 1.38. The molecule has 88 valence electrons. The van der Waals surface area contributed by atoms with Crippen LogP contribution in [0, 0.1) is 11.8 Å². The van der Waals surface area contributed by atoms with Gasteiger partial charge >= 0.3 is 0 Å². The second kappa shape index (κ2) is 4.76. The molecule has 0 aliphatic heterocycles. The number of nitrogens with two attached hydrogens (primary N) is 1. The summed E-state index contributed by atoms with van der Waals surface area (Å²) in [5.74, 6) is 1.79. The SMILES string of the molecule is CC1CC1CN(C)c1ccc(CN)cc1Br. The van der Waals surface area contributed by atoms with Gasteiger partial charge in [0.1, 0.15) is 0 Å². The van der Waals surface area contributed by atoms with Crippen molar-refractivity contribution in [3.63, 3.8) is 0 Å². The van der Waals surface area contributed by atoms with E-state index in [1.165, 1.54) is 17.7 Å². The summed E-state index contributed by atoms with van der Waals surface area (Å²) in [6.45, 7) is 4.08. The van der Waals surface area contributed by atoms with Gasteiger partial charge in [0.2, 0.25) is 0 Å². The smallest absolute Gasteiger partial charge is 0.0508 e.